The van der Waals surface area contributed by atoms with E-state index in [4.69, 9.17) is 0 Å². The van der Waals surface area contributed by atoms with Crippen molar-refractivity contribution in [1.82, 2.24) is 4.57 Å². The van der Waals surface area contributed by atoms with Crippen LogP contribution in [-0.4, -0.2) is 16.4 Å². The summed E-state index contributed by atoms with van der Waals surface area (Å²) in [6, 6.07) is 21.2. The fourth-order valence-corrected chi connectivity index (χ4v) is 6.85. The number of amides is 2. The van der Waals surface area contributed by atoms with E-state index in [9.17, 15) is 14.9 Å². The second-order valence-electron chi connectivity index (χ2n) is 10.0. The van der Waals surface area contributed by atoms with Crippen molar-refractivity contribution in [3.05, 3.63) is 105 Å². The van der Waals surface area contributed by atoms with Crippen LogP contribution in [0.2, 0.25) is 0 Å². The highest BCUT2D eigenvalue weighted by Gasteiger charge is 2.28. The Bertz CT molecular complexity index is 1650. The van der Waals surface area contributed by atoms with Crippen LogP contribution in [0.1, 0.15) is 63.1 Å². The van der Waals surface area contributed by atoms with E-state index in [1.165, 1.54) is 4.88 Å². The molecule has 5 rings (SSSR count). The van der Waals surface area contributed by atoms with E-state index in [1.807, 2.05) is 81.4 Å². The number of aryl methyl sites for hydroxylation is 3. The molecule has 1 aliphatic rings. The molecule has 0 atom stereocenters. The van der Waals surface area contributed by atoms with Gasteiger partial charge in [0.1, 0.15) is 16.6 Å². The summed E-state index contributed by atoms with van der Waals surface area (Å²) < 4.78 is 2.09. The summed E-state index contributed by atoms with van der Waals surface area (Å²) in [5, 5.41) is 16.7. The van der Waals surface area contributed by atoms with Gasteiger partial charge >= 0.3 is 0 Å². The molecule has 2 aromatic heterocycles. The van der Waals surface area contributed by atoms with Crippen molar-refractivity contribution in [1.29, 1.82) is 5.26 Å². The molecule has 1 aliphatic carbocycles. The van der Waals surface area contributed by atoms with Crippen LogP contribution in [0, 0.1) is 25.2 Å². The molecule has 7 heteroatoms. The van der Waals surface area contributed by atoms with Gasteiger partial charge in [0.2, 0.25) is 0 Å². The van der Waals surface area contributed by atoms with Crippen LogP contribution in [-0.2, 0) is 24.1 Å². The van der Waals surface area contributed by atoms with Crippen LogP contribution in [0.5, 0.6) is 0 Å². The number of nitrogens with zero attached hydrogens (tertiary/aromatic N) is 2. The Labute approximate surface area is 239 Å². The van der Waals surface area contributed by atoms with Crippen LogP contribution in [0.3, 0.4) is 0 Å². The molecule has 2 amide bonds. The number of hydrogen-bond acceptors (Lipinski definition) is 4. The fourth-order valence-electron chi connectivity index (χ4n) is 5.35. The molecule has 0 aliphatic heterocycles. The van der Waals surface area contributed by atoms with E-state index in [0.29, 0.717) is 5.69 Å². The lowest BCUT2D eigenvalue weighted by Crippen LogP contribution is -2.17. The molecular formula is C33H32N4O2S. The average molecular weight is 549 g/mol. The molecule has 4 aromatic rings. The van der Waals surface area contributed by atoms with Crippen molar-refractivity contribution < 1.29 is 9.59 Å². The largest absolute Gasteiger partial charge is 0.322 e. The van der Waals surface area contributed by atoms with Gasteiger partial charge < -0.3 is 15.2 Å². The maximum Gasteiger partial charge on any atom is 0.266 e. The first-order chi connectivity index (χ1) is 19.4. The predicted molar refractivity (Wildman–Crippen MR) is 162 cm³/mol. The standard InChI is InChI=1S/C33H32N4O2S/c1-4-23-12-8-10-16-28(23)36-31(38)25(20-34)19-24-18-21(2)37(22(24)3)33-30(27-15-9-11-17-29(27)40-33)32(39)35-26-13-6-5-7-14-26/h5-8,10,12-14,16,18-19H,4,9,11,15,17H2,1-3H3,(H,35,39)(H,36,38)/b25-19-. The molecule has 0 radical (unpaired) electrons. The number of nitriles is 1. The highest BCUT2D eigenvalue weighted by atomic mass is 32.1. The van der Waals surface area contributed by atoms with Gasteiger partial charge in [0.05, 0.1) is 5.56 Å². The number of fused-ring (bicyclic) bond motifs is 1. The molecule has 2 aromatic carbocycles. The van der Waals surface area contributed by atoms with Gasteiger partial charge in [-0.3, -0.25) is 9.59 Å². The normalized spacial score (nSPS) is 12.9. The Morgan fingerprint density at radius 3 is 2.50 bits per heavy atom. The van der Waals surface area contributed by atoms with E-state index in [2.05, 4.69) is 21.3 Å². The zero-order valence-corrected chi connectivity index (χ0v) is 23.8. The first-order valence-corrected chi connectivity index (χ1v) is 14.4. The van der Waals surface area contributed by atoms with Gasteiger partial charge in [-0.05, 0) is 93.0 Å². The summed E-state index contributed by atoms with van der Waals surface area (Å²) in [7, 11) is 0. The molecule has 0 unspecified atom stereocenters. The lowest BCUT2D eigenvalue weighted by atomic mass is 9.95. The van der Waals surface area contributed by atoms with E-state index in [1.54, 1.807) is 17.4 Å². The third-order valence-electron chi connectivity index (χ3n) is 7.40. The second kappa shape index (κ2) is 11.8. The Kier molecular flexibility index (Phi) is 7.99. The summed E-state index contributed by atoms with van der Waals surface area (Å²) >= 11 is 1.67. The molecule has 6 nitrogen and oxygen atoms in total. The van der Waals surface area contributed by atoms with Crippen LogP contribution in [0.25, 0.3) is 11.1 Å². The van der Waals surface area contributed by atoms with Crippen molar-refractivity contribution in [3.63, 3.8) is 0 Å². The Hall–Kier alpha value is -4.41. The third-order valence-corrected chi connectivity index (χ3v) is 8.67. The summed E-state index contributed by atoms with van der Waals surface area (Å²) in [5.41, 5.74) is 6.94. The Balaban J connectivity index is 1.52. The van der Waals surface area contributed by atoms with Crippen molar-refractivity contribution in [2.24, 2.45) is 0 Å². The topological polar surface area (TPSA) is 86.9 Å². The molecule has 202 valence electrons. The number of anilines is 2. The highest BCUT2D eigenvalue weighted by Crippen LogP contribution is 2.39. The van der Waals surface area contributed by atoms with Gasteiger partial charge in [0, 0.05) is 27.6 Å². The quantitative estimate of drug-likeness (QED) is 0.186. The zero-order chi connectivity index (χ0) is 28.2. The number of para-hydroxylation sites is 2. The van der Waals surface area contributed by atoms with Gasteiger partial charge in [0.15, 0.2) is 0 Å². The summed E-state index contributed by atoms with van der Waals surface area (Å²) in [4.78, 5) is 28.0. The summed E-state index contributed by atoms with van der Waals surface area (Å²) in [6.07, 6.45) is 6.44. The van der Waals surface area contributed by atoms with Gasteiger partial charge in [-0.25, -0.2) is 0 Å². The van der Waals surface area contributed by atoms with E-state index in [0.717, 1.165) is 76.4 Å². The monoisotopic (exact) mass is 548 g/mol. The molecular weight excluding hydrogens is 516 g/mol. The van der Waals surface area contributed by atoms with Crippen LogP contribution in [0.4, 0.5) is 11.4 Å². The predicted octanol–water partition coefficient (Wildman–Crippen LogP) is 7.39. The lowest BCUT2D eigenvalue weighted by Gasteiger charge is -2.14. The maximum absolute atomic E-state index is 13.7. The molecule has 0 fully saturated rings. The third kappa shape index (κ3) is 5.36. The maximum atomic E-state index is 13.7. The Morgan fingerprint density at radius 2 is 1.75 bits per heavy atom. The van der Waals surface area contributed by atoms with Crippen molar-refractivity contribution in [2.45, 2.75) is 52.9 Å². The molecule has 40 heavy (non-hydrogen) atoms. The lowest BCUT2D eigenvalue weighted by molar-refractivity contribution is -0.112. The van der Waals surface area contributed by atoms with Crippen molar-refractivity contribution in [2.75, 3.05) is 10.6 Å². The number of rotatable bonds is 7. The fraction of sp³-hybridized carbons (Fsp3) is 0.242. The number of carbonyl (C=O) groups excluding carboxylic acids is 2. The second-order valence-corrected chi connectivity index (χ2v) is 11.1. The smallest absolute Gasteiger partial charge is 0.266 e. The van der Waals surface area contributed by atoms with Crippen LogP contribution in [0.15, 0.2) is 66.2 Å². The highest BCUT2D eigenvalue weighted by molar-refractivity contribution is 7.15. The molecule has 2 N–H and O–H groups in total. The number of nitrogens with one attached hydrogen (secondary N) is 2. The minimum atomic E-state index is -0.442. The van der Waals surface area contributed by atoms with Gasteiger partial charge in [-0.1, -0.05) is 43.3 Å². The zero-order valence-electron chi connectivity index (χ0n) is 23.0. The first-order valence-electron chi connectivity index (χ1n) is 13.6. The molecule has 0 saturated carbocycles. The molecule has 2 heterocycles. The minimum absolute atomic E-state index is 0.0266. The van der Waals surface area contributed by atoms with Crippen LogP contribution < -0.4 is 10.6 Å². The van der Waals surface area contributed by atoms with Gasteiger partial charge in [-0.2, -0.15) is 5.26 Å². The molecule has 0 bridgehead atoms. The number of aromatic nitrogens is 1. The van der Waals surface area contributed by atoms with Gasteiger partial charge in [-0.15, -0.1) is 11.3 Å². The number of thiophene rings is 1. The molecule has 0 saturated heterocycles. The SMILES string of the molecule is CCc1ccccc1NC(=O)/C(C#N)=C\c1cc(C)n(-c2sc3c(c2C(=O)Nc2ccccc2)CCCC3)c1C. The van der Waals surface area contributed by atoms with E-state index >= 15 is 0 Å². The van der Waals surface area contributed by atoms with Crippen molar-refractivity contribution >= 4 is 40.6 Å². The summed E-state index contributed by atoms with van der Waals surface area (Å²) in [5.74, 6) is -0.556. The van der Waals surface area contributed by atoms with E-state index in [-0.39, 0.29) is 11.5 Å². The van der Waals surface area contributed by atoms with Crippen LogP contribution >= 0.6 is 11.3 Å². The number of carbonyl (C=O) groups is 2. The summed E-state index contributed by atoms with van der Waals surface area (Å²) in [6.45, 7) is 5.99. The minimum Gasteiger partial charge on any atom is -0.322 e. The Morgan fingerprint density at radius 1 is 1.02 bits per heavy atom. The number of hydrogen-bond donors (Lipinski definition) is 2. The van der Waals surface area contributed by atoms with E-state index < -0.39 is 5.91 Å². The van der Waals surface area contributed by atoms with Gasteiger partial charge in [0.25, 0.3) is 11.8 Å². The van der Waals surface area contributed by atoms with Crippen molar-refractivity contribution in [3.8, 4) is 11.1 Å². The first kappa shape index (κ1) is 27.2. The molecule has 0 spiro atoms. The number of benzene rings is 2. The average Bonchev–Trinajstić information content (AvgIpc) is 3.48.